The van der Waals surface area contributed by atoms with Crippen molar-refractivity contribution in [2.45, 2.75) is 13.0 Å². The normalized spacial score (nSPS) is 26.5. The molecule has 0 aliphatic carbocycles. The van der Waals surface area contributed by atoms with Gasteiger partial charge in [0.1, 0.15) is 0 Å². The number of nitrogens with two attached hydrogens (primary N) is 1. The monoisotopic (exact) mass is 142 g/mol. The molecule has 0 aromatic heterocycles. The van der Waals surface area contributed by atoms with Crippen LogP contribution in [-0.2, 0) is 0 Å². The van der Waals surface area contributed by atoms with E-state index in [0.29, 0.717) is 6.04 Å². The van der Waals surface area contributed by atoms with Crippen LogP contribution in [0, 0.1) is 5.41 Å². The topological polar surface area (TPSA) is 65.1 Å². The average Bonchev–Trinajstić information content (AvgIpc) is 1.88. The molecule has 4 N–H and O–H groups in total. The van der Waals surface area contributed by atoms with E-state index in [2.05, 4.69) is 12.2 Å². The molecule has 58 valence electrons. The Balaban J connectivity index is 2.39. The van der Waals surface area contributed by atoms with E-state index >= 15 is 0 Å². The van der Waals surface area contributed by atoms with E-state index in [1.807, 2.05) is 4.90 Å². The molecule has 1 aliphatic heterocycles. The average molecular weight is 142 g/mol. The minimum absolute atomic E-state index is 0.188. The maximum Gasteiger partial charge on any atom is 0.188 e. The van der Waals surface area contributed by atoms with Gasteiger partial charge >= 0.3 is 0 Å². The molecule has 0 aromatic rings. The van der Waals surface area contributed by atoms with Gasteiger partial charge in [-0.05, 0) is 6.92 Å². The molecule has 0 radical (unpaired) electrons. The van der Waals surface area contributed by atoms with E-state index in [9.17, 15) is 0 Å². The molecule has 1 heterocycles. The molecule has 1 fully saturated rings. The molecule has 4 heteroatoms. The van der Waals surface area contributed by atoms with Gasteiger partial charge in [0, 0.05) is 25.7 Å². The van der Waals surface area contributed by atoms with Gasteiger partial charge in [0.05, 0.1) is 0 Å². The van der Waals surface area contributed by atoms with Crippen LogP contribution >= 0.6 is 0 Å². The molecule has 0 saturated carbocycles. The van der Waals surface area contributed by atoms with E-state index in [4.69, 9.17) is 11.1 Å². The van der Waals surface area contributed by atoms with Crippen molar-refractivity contribution < 1.29 is 0 Å². The summed E-state index contributed by atoms with van der Waals surface area (Å²) in [5.74, 6) is 0.188. The highest BCUT2D eigenvalue weighted by Gasteiger charge is 2.15. The number of guanidine groups is 1. The zero-order valence-corrected chi connectivity index (χ0v) is 6.22. The largest absolute Gasteiger partial charge is 0.370 e. The lowest BCUT2D eigenvalue weighted by molar-refractivity contribution is 0.299. The van der Waals surface area contributed by atoms with Gasteiger partial charge in [-0.1, -0.05) is 0 Å². The van der Waals surface area contributed by atoms with Crippen LogP contribution in [-0.4, -0.2) is 36.5 Å². The summed E-state index contributed by atoms with van der Waals surface area (Å²) in [4.78, 5) is 1.88. The predicted octanol–water partition coefficient (Wildman–Crippen LogP) is -0.826. The highest BCUT2D eigenvalue weighted by atomic mass is 15.3. The Bertz CT molecular complexity index is 134. The fourth-order valence-electron chi connectivity index (χ4n) is 1.15. The van der Waals surface area contributed by atoms with E-state index in [1.165, 1.54) is 0 Å². The Morgan fingerprint density at radius 1 is 1.80 bits per heavy atom. The van der Waals surface area contributed by atoms with Crippen LogP contribution in [0.15, 0.2) is 0 Å². The molecule has 1 saturated heterocycles. The first-order chi connectivity index (χ1) is 4.70. The number of hydrogen-bond acceptors (Lipinski definition) is 2. The van der Waals surface area contributed by atoms with E-state index < -0.39 is 0 Å². The van der Waals surface area contributed by atoms with Gasteiger partial charge in [0.15, 0.2) is 5.96 Å². The summed E-state index contributed by atoms with van der Waals surface area (Å²) in [5, 5.41) is 10.4. The Morgan fingerprint density at radius 3 is 2.90 bits per heavy atom. The molecule has 1 aliphatic rings. The van der Waals surface area contributed by atoms with Crippen LogP contribution < -0.4 is 11.1 Å². The lowest BCUT2D eigenvalue weighted by Gasteiger charge is -2.31. The highest BCUT2D eigenvalue weighted by molar-refractivity contribution is 5.74. The molecular formula is C6H14N4. The van der Waals surface area contributed by atoms with Crippen molar-refractivity contribution in [2.24, 2.45) is 5.73 Å². The summed E-state index contributed by atoms with van der Waals surface area (Å²) in [6.45, 7) is 4.74. The van der Waals surface area contributed by atoms with Crippen LogP contribution in [0.1, 0.15) is 6.92 Å². The fraction of sp³-hybridized carbons (Fsp3) is 0.833. The zero-order valence-electron chi connectivity index (χ0n) is 6.22. The summed E-state index contributed by atoms with van der Waals surface area (Å²) in [7, 11) is 0. The fourth-order valence-corrected chi connectivity index (χ4v) is 1.15. The smallest absolute Gasteiger partial charge is 0.188 e. The van der Waals surface area contributed by atoms with Crippen molar-refractivity contribution >= 4 is 5.96 Å². The molecule has 4 nitrogen and oxygen atoms in total. The van der Waals surface area contributed by atoms with Crippen molar-refractivity contribution in [1.82, 2.24) is 10.2 Å². The molecule has 0 amide bonds. The Hall–Kier alpha value is -0.770. The molecule has 1 atom stereocenters. The minimum atomic E-state index is 0.188. The molecule has 0 spiro atoms. The van der Waals surface area contributed by atoms with Gasteiger partial charge in [-0.2, -0.15) is 0 Å². The number of rotatable bonds is 0. The third kappa shape index (κ3) is 1.60. The number of piperazine rings is 1. The van der Waals surface area contributed by atoms with E-state index in [1.54, 1.807) is 0 Å². The second-order valence-corrected chi connectivity index (χ2v) is 2.69. The third-order valence-corrected chi connectivity index (χ3v) is 1.71. The number of hydrogen-bond donors (Lipinski definition) is 3. The predicted molar refractivity (Wildman–Crippen MR) is 41.0 cm³/mol. The van der Waals surface area contributed by atoms with Gasteiger partial charge < -0.3 is 16.0 Å². The molecule has 0 aromatic carbocycles. The molecule has 1 unspecified atom stereocenters. The number of nitrogens with one attached hydrogen (secondary N) is 2. The van der Waals surface area contributed by atoms with Crippen molar-refractivity contribution in [3.8, 4) is 0 Å². The Morgan fingerprint density at radius 2 is 2.50 bits per heavy atom. The Labute approximate surface area is 60.9 Å². The summed E-state index contributed by atoms with van der Waals surface area (Å²) in [6, 6.07) is 0.456. The van der Waals surface area contributed by atoms with E-state index in [0.717, 1.165) is 19.6 Å². The molecule has 10 heavy (non-hydrogen) atoms. The second-order valence-electron chi connectivity index (χ2n) is 2.69. The van der Waals surface area contributed by atoms with Crippen molar-refractivity contribution in [1.29, 1.82) is 5.41 Å². The van der Waals surface area contributed by atoms with Crippen molar-refractivity contribution in [2.75, 3.05) is 19.6 Å². The minimum Gasteiger partial charge on any atom is -0.370 e. The first-order valence-corrected chi connectivity index (χ1v) is 3.52. The van der Waals surface area contributed by atoms with Crippen LogP contribution in [0.5, 0.6) is 0 Å². The Kier molecular flexibility index (Phi) is 2.11. The van der Waals surface area contributed by atoms with E-state index in [-0.39, 0.29) is 5.96 Å². The SMILES string of the molecule is CC1CN(C(=N)N)CCN1. The molecule has 1 rings (SSSR count). The first-order valence-electron chi connectivity index (χ1n) is 3.52. The van der Waals surface area contributed by atoms with Gasteiger partial charge in [-0.25, -0.2) is 0 Å². The van der Waals surface area contributed by atoms with Crippen molar-refractivity contribution in [3.05, 3.63) is 0 Å². The third-order valence-electron chi connectivity index (χ3n) is 1.71. The van der Waals surface area contributed by atoms with Crippen LogP contribution in [0.2, 0.25) is 0 Å². The molecular weight excluding hydrogens is 128 g/mol. The standard InChI is InChI=1S/C6H14N4/c1-5-4-10(6(7)8)3-2-9-5/h5,9H,2-4H2,1H3,(H3,7,8). The number of nitrogens with zero attached hydrogens (tertiary/aromatic N) is 1. The van der Waals surface area contributed by atoms with Gasteiger partial charge in [0.2, 0.25) is 0 Å². The van der Waals surface area contributed by atoms with Gasteiger partial charge in [-0.3, -0.25) is 5.41 Å². The van der Waals surface area contributed by atoms with Crippen LogP contribution in [0.3, 0.4) is 0 Å². The maximum absolute atomic E-state index is 7.15. The zero-order chi connectivity index (χ0) is 7.56. The van der Waals surface area contributed by atoms with Crippen LogP contribution in [0.4, 0.5) is 0 Å². The second kappa shape index (κ2) is 2.88. The quantitative estimate of drug-likeness (QED) is 0.305. The first kappa shape index (κ1) is 7.34. The maximum atomic E-state index is 7.15. The van der Waals surface area contributed by atoms with Crippen LogP contribution in [0.25, 0.3) is 0 Å². The summed E-state index contributed by atoms with van der Waals surface area (Å²) in [6.07, 6.45) is 0. The van der Waals surface area contributed by atoms with Crippen molar-refractivity contribution in [3.63, 3.8) is 0 Å². The molecule has 0 bridgehead atoms. The summed E-state index contributed by atoms with van der Waals surface area (Å²) < 4.78 is 0. The lowest BCUT2D eigenvalue weighted by atomic mass is 10.2. The summed E-state index contributed by atoms with van der Waals surface area (Å²) >= 11 is 0. The van der Waals surface area contributed by atoms with Gasteiger partial charge in [0.25, 0.3) is 0 Å². The lowest BCUT2D eigenvalue weighted by Crippen LogP contribution is -2.53. The highest BCUT2D eigenvalue weighted by Crippen LogP contribution is 1.95. The van der Waals surface area contributed by atoms with Gasteiger partial charge in [-0.15, -0.1) is 0 Å². The summed E-state index contributed by atoms with van der Waals surface area (Å²) in [5.41, 5.74) is 5.31.